The molecule has 2 rings (SSSR count). The van der Waals surface area contributed by atoms with E-state index in [1.807, 2.05) is 36.3 Å². The van der Waals surface area contributed by atoms with Gasteiger partial charge < -0.3 is 4.48 Å². The first kappa shape index (κ1) is 13.8. The number of nitriles is 1. The zero-order valence-corrected chi connectivity index (χ0v) is 10.8. The zero-order chi connectivity index (χ0) is 14.2. The maximum atomic E-state index is 11.8. The van der Waals surface area contributed by atoms with Crippen molar-refractivity contribution in [1.29, 1.82) is 5.26 Å². The van der Waals surface area contributed by atoms with Gasteiger partial charge in [-0.2, -0.15) is 0 Å². The Morgan fingerprint density at radius 2 is 1.90 bits per heavy atom. The summed E-state index contributed by atoms with van der Waals surface area (Å²) in [4.78, 5) is 11.8. The summed E-state index contributed by atoms with van der Waals surface area (Å²) in [5, 5.41) is 8.51. The number of hydrogen-bond acceptors (Lipinski definition) is 3. The van der Waals surface area contributed by atoms with Gasteiger partial charge in [0.2, 0.25) is 7.41 Å². The van der Waals surface area contributed by atoms with Crippen LogP contribution in [0.5, 0.6) is 0 Å². The summed E-state index contributed by atoms with van der Waals surface area (Å²) in [7, 11) is 1.34. The van der Waals surface area contributed by atoms with Crippen molar-refractivity contribution in [3.05, 3.63) is 66.0 Å². The second-order valence-corrected chi connectivity index (χ2v) is 4.09. The fraction of sp³-hybridized carbons (Fsp3) is 0.0714. The molecule has 0 atom stereocenters. The number of hydrogen-bond donors (Lipinski definition) is 2. The van der Waals surface area contributed by atoms with Gasteiger partial charge in [-0.25, -0.2) is 10.7 Å². The smallest absolute Gasteiger partial charge is 0.265 e. The van der Waals surface area contributed by atoms with Gasteiger partial charge in [0, 0.05) is 18.7 Å². The highest BCUT2D eigenvalue weighted by Gasteiger charge is 2.05. The molecule has 1 aromatic carbocycles. The average molecular weight is 264 g/mol. The van der Waals surface area contributed by atoms with Crippen molar-refractivity contribution in [1.82, 2.24) is 10.9 Å². The van der Waals surface area contributed by atoms with Crippen LogP contribution < -0.4 is 15.3 Å². The van der Waals surface area contributed by atoms with Crippen molar-refractivity contribution < 1.29 is 9.27 Å². The third-order valence-corrected chi connectivity index (χ3v) is 2.66. The highest BCUT2D eigenvalue weighted by molar-refractivity contribution is 6.35. The molecule has 0 aliphatic heterocycles. The number of pyridine rings is 1. The van der Waals surface area contributed by atoms with Gasteiger partial charge in [0.15, 0.2) is 0 Å². The van der Waals surface area contributed by atoms with E-state index >= 15 is 0 Å². The third-order valence-electron chi connectivity index (χ3n) is 2.66. The molecule has 0 fully saturated rings. The monoisotopic (exact) mass is 264 g/mol. The highest BCUT2D eigenvalue weighted by Crippen LogP contribution is 1.97. The Morgan fingerprint density at radius 3 is 2.55 bits per heavy atom. The second-order valence-electron chi connectivity index (χ2n) is 4.09. The summed E-state index contributed by atoms with van der Waals surface area (Å²) < 4.78 is 1.58. The fourth-order valence-corrected chi connectivity index (χ4v) is 1.64. The molecule has 1 amide bonds. The molecule has 5 nitrogen and oxygen atoms in total. The minimum absolute atomic E-state index is 0.218. The summed E-state index contributed by atoms with van der Waals surface area (Å²) in [5.74, 6) is 1.69. The van der Waals surface area contributed by atoms with E-state index in [1.165, 1.54) is 7.41 Å². The molecule has 0 unspecified atom stereocenters. The fourth-order valence-electron chi connectivity index (χ4n) is 1.64. The van der Waals surface area contributed by atoms with Crippen LogP contribution in [0.15, 0.2) is 54.9 Å². The molecular formula is C14H13BN4O. The lowest BCUT2D eigenvalue weighted by molar-refractivity contribution is -0.527. The van der Waals surface area contributed by atoms with E-state index in [2.05, 4.69) is 10.9 Å². The van der Waals surface area contributed by atoms with Gasteiger partial charge in [-0.15, -0.1) is 5.97 Å². The molecule has 6 heteroatoms. The van der Waals surface area contributed by atoms with Crippen molar-refractivity contribution in [2.24, 2.45) is 0 Å². The summed E-state index contributed by atoms with van der Waals surface area (Å²) in [5.41, 5.74) is 7.11. The molecule has 0 saturated heterocycles. The van der Waals surface area contributed by atoms with Crippen molar-refractivity contribution in [3.63, 3.8) is 0 Å². The number of rotatable bonds is 5. The number of nitrogens with zero attached hydrogens (tertiary/aromatic N) is 2. The Hall–Kier alpha value is -2.65. The first-order chi connectivity index (χ1) is 9.79. The van der Waals surface area contributed by atoms with E-state index in [0.29, 0.717) is 12.1 Å². The first-order valence-electron chi connectivity index (χ1n) is 6.10. The van der Waals surface area contributed by atoms with Crippen LogP contribution in [0.1, 0.15) is 15.9 Å². The van der Waals surface area contributed by atoms with Gasteiger partial charge in [0.1, 0.15) is 12.4 Å². The third kappa shape index (κ3) is 3.94. The summed E-state index contributed by atoms with van der Waals surface area (Å²) >= 11 is 0. The molecule has 0 aliphatic carbocycles. The number of carbonyl (C=O) groups is 1. The maximum Gasteiger partial charge on any atom is 0.265 e. The average Bonchev–Trinajstić information content (AvgIpc) is 2.49. The topological polar surface area (TPSA) is 68.8 Å². The molecule has 0 spiro atoms. The van der Waals surface area contributed by atoms with Crippen LogP contribution in [-0.4, -0.2) is 13.3 Å². The number of amides is 1. The Balaban J connectivity index is 1.84. The molecule has 2 N–H and O–H groups in total. The van der Waals surface area contributed by atoms with Crippen LogP contribution in [0.3, 0.4) is 0 Å². The Kier molecular flexibility index (Phi) is 4.87. The predicted octanol–water partition coefficient (Wildman–Crippen LogP) is 0.357. The Morgan fingerprint density at radius 1 is 1.20 bits per heavy atom. The lowest BCUT2D eigenvalue weighted by Crippen LogP contribution is -2.40. The van der Waals surface area contributed by atoms with Gasteiger partial charge >= 0.3 is 0 Å². The van der Waals surface area contributed by atoms with Crippen LogP contribution in [0, 0.1) is 11.2 Å². The van der Waals surface area contributed by atoms with Crippen LogP contribution in [0.4, 0.5) is 0 Å². The van der Waals surface area contributed by atoms with E-state index in [0.717, 1.165) is 5.56 Å². The molecule has 0 saturated carbocycles. The van der Waals surface area contributed by atoms with E-state index in [-0.39, 0.29) is 5.91 Å². The second kappa shape index (κ2) is 7.07. The maximum absolute atomic E-state index is 11.8. The number of nitrogens with one attached hydrogen (secondary N) is 2. The van der Waals surface area contributed by atoms with Gasteiger partial charge in [-0.3, -0.25) is 10.2 Å². The lowest BCUT2D eigenvalue weighted by Gasteiger charge is -2.08. The van der Waals surface area contributed by atoms with Crippen molar-refractivity contribution >= 4 is 13.3 Å². The van der Waals surface area contributed by atoms with E-state index in [9.17, 15) is 4.79 Å². The number of hydrazine groups is 1. The molecule has 2 radical (unpaired) electrons. The van der Waals surface area contributed by atoms with Crippen LogP contribution in [-0.2, 0) is 6.54 Å². The van der Waals surface area contributed by atoms with Gasteiger partial charge in [0.05, 0.1) is 5.56 Å². The predicted molar refractivity (Wildman–Crippen MR) is 74.1 cm³/mol. The minimum atomic E-state index is -0.218. The number of carbonyl (C=O) groups excluding carboxylic acids is 1. The van der Waals surface area contributed by atoms with Crippen LogP contribution in [0.2, 0.25) is 0 Å². The van der Waals surface area contributed by atoms with Crippen LogP contribution in [0.25, 0.3) is 0 Å². The van der Waals surface area contributed by atoms with E-state index < -0.39 is 0 Å². The van der Waals surface area contributed by atoms with Crippen LogP contribution >= 0.6 is 0 Å². The first-order valence-corrected chi connectivity index (χ1v) is 6.10. The summed E-state index contributed by atoms with van der Waals surface area (Å²) in [6.07, 6.45) is 3.30. The molecule has 2 aromatic rings. The number of aromatic nitrogens is 1. The molecular weight excluding hydrogens is 251 g/mol. The molecule has 0 aliphatic rings. The zero-order valence-electron chi connectivity index (χ0n) is 10.8. The van der Waals surface area contributed by atoms with Crippen molar-refractivity contribution in [2.45, 2.75) is 6.54 Å². The van der Waals surface area contributed by atoms with Gasteiger partial charge in [-0.05, 0) is 5.56 Å². The molecule has 1 heterocycles. The number of benzene rings is 1. The standard InChI is InChI=1S/C14H12BN4O/c16-11-15-19-8-6-13(7-9-19)14(20)18-17-10-12-4-2-1-3-5-12/h1-9,17H,10H2/q-1/p+1. The van der Waals surface area contributed by atoms with Crippen molar-refractivity contribution in [3.8, 4) is 5.97 Å². The summed E-state index contributed by atoms with van der Waals surface area (Å²) in [6, 6.07) is 13.1. The Labute approximate surface area is 118 Å². The van der Waals surface area contributed by atoms with E-state index in [1.54, 1.807) is 29.0 Å². The highest BCUT2D eigenvalue weighted by atomic mass is 16.2. The quantitative estimate of drug-likeness (QED) is 0.605. The SMILES string of the molecule is N#C[B-][n+]1ccc(C(=O)NNCc2ccccc2)cc1. The molecule has 98 valence electrons. The summed E-state index contributed by atoms with van der Waals surface area (Å²) in [6.45, 7) is 0.557. The van der Waals surface area contributed by atoms with E-state index in [4.69, 9.17) is 5.26 Å². The lowest BCUT2D eigenvalue weighted by atomic mass is 9.98. The largest absolute Gasteiger partial charge is 0.461 e. The Bertz CT molecular complexity index is 607. The van der Waals surface area contributed by atoms with Gasteiger partial charge in [0.25, 0.3) is 5.91 Å². The van der Waals surface area contributed by atoms with Gasteiger partial charge in [-0.1, -0.05) is 30.3 Å². The minimum Gasteiger partial charge on any atom is -0.461 e. The normalized spacial score (nSPS) is 9.75. The molecule has 0 bridgehead atoms. The van der Waals surface area contributed by atoms with Crippen molar-refractivity contribution in [2.75, 3.05) is 0 Å². The molecule has 20 heavy (non-hydrogen) atoms. The molecule has 1 aromatic heterocycles.